The highest BCUT2D eigenvalue weighted by atomic mass is 32.1. The van der Waals surface area contributed by atoms with Gasteiger partial charge >= 0.3 is 0 Å². The molecule has 0 amide bonds. The van der Waals surface area contributed by atoms with Gasteiger partial charge in [0.1, 0.15) is 0 Å². The first-order chi connectivity index (χ1) is 5.13. The normalized spacial score (nSPS) is 9.82. The zero-order chi connectivity index (χ0) is 8.43. The van der Waals surface area contributed by atoms with Gasteiger partial charge in [0.15, 0.2) is 0 Å². The molecule has 0 saturated carbocycles. The highest BCUT2D eigenvalue weighted by Crippen LogP contribution is 2.23. The van der Waals surface area contributed by atoms with Crippen molar-refractivity contribution in [2.24, 2.45) is 0 Å². The number of anilines is 1. The fourth-order valence-corrected chi connectivity index (χ4v) is 1.30. The van der Waals surface area contributed by atoms with Gasteiger partial charge in [0, 0.05) is 24.7 Å². The Kier molecular flexibility index (Phi) is 2.45. The molecular formula is C9H13NS. The van der Waals surface area contributed by atoms with Crippen molar-refractivity contribution in [3.63, 3.8) is 0 Å². The van der Waals surface area contributed by atoms with E-state index in [4.69, 9.17) is 0 Å². The quantitative estimate of drug-likeness (QED) is 0.628. The van der Waals surface area contributed by atoms with Gasteiger partial charge in [0.25, 0.3) is 0 Å². The Balaban J connectivity index is 3.17. The minimum atomic E-state index is 1.05. The largest absolute Gasteiger partial charge is 0.377 e. The molecule has 1 aromatic rings. The van der Waals surface area contributed by atoms with E-state index in [9.17, 15) is 0 Å². The summed E-state index contributed by atoms with van der Waals surface area (Å²) in [6.45, 7) is 2.08. The third-order valence-electron chi connectivity index (χ3n) is 1.76. The highest BCUT2D eigenvalue weighted by Gasteiger charge is 2.00. The van der Waals surface area contributed by atoms with Gasteiger partial charge in [-0.1, -0.05) is 6.07 Å². The first-order valence-electron chi connectivity index (χ1n) is 3.59. The molecule has 11 heavy (non-hydrogen) atoms. The topological polar surface area (TPSA) is 3.24 Å². The molecule has 0 aliphatic carbocycles. The summed E-state index contributed by atoms with van der Waals surface area (Å²) in [5.41, 5.74) is 2.47. The van der Waals surface area contributed by atoms with Crippen molar-refractivity contribution in [1.29, 1.82) is 0 Å². The van der Waals surface area contributed by atoms with Crippen LogP contribution in [0.2, 0.25) is 0 Å². The molecule has 0 aromatic heterocycles. The summed E-state index contributed by atoms with van der Waals surface area (Å²) < 4.78 is 0. The molecule has 0 N–H and O–H groups in total. The maximum absolute atomic E-state index is 4.34. The van der Waals surface area contributed by atoms with Gasteiger partial charge in [-0.15, -0.1) is 12.6 Å². The molecule has 2 heteroatoms. The zero-order valence-electron chi connectivity index (χ0n) is 7.13. The van der Waals surface area contributed by atoms with Crippen LogP contribution in [0.25, 0.3) is 0 Å². The van der Waals surface area contributed by atoms with Crippen molar-refractivity contribution in [1.82, 2.24) is 0 Å². The summed E-state index contributed by atoms with van der Waals surface area (Å²) in [7, 11) is 4.07. The predicted molar refractivity (Wildman–Crippen MR) is 52.8 cm³/mol. The van der Waals surface area contributed by atoms with Crippen molar-refractivity contribution in [3.05, 3.63) is 23.8 Å². The molecule has 1 aromatic carbocycles. The number of thiol groups is 1. The molecular weight excluding hydrogens is 154 g/mol. The number of benzene rings is 1. The van der Waals surface area contributed by atoms with Gasteiger partial charge < -0.3 is 4.90 Å². The Labute approximate surface area is 73.4 Å². The molecule has 0 atom stereocenters. The van der Waals surface area contributed by atoms with Gasteiger partial charge in [-0.05, 0) is 24.6 Å². The van der Waals surface area contributed by atoms with Gasteiger partial charge in [-0.25, -0.2) is 0 Å². The van der Waals surface area contributed by atoms with Gasteiger partial charge in [0.2, 0.25) is 0 Å². The number of hydrogen-bond acceptors (Lipinski definition) is 2. The van der Waals surface area contributed by atoms with Crippen molar-refractivity contribution < 1.29 is 0 Å². The Hall–Kier alpha value is -0.630. The second-order valence-corrected chi connectivity index (χ2v) is 3.30. The van der Waals surface area contributed by atoms with E-state index in [-0.39, 0.29) is 0 Å². The Morgan fingerprint density at radius 1 is 1.27 bits per heavy atom. The van der Waals surface area contributed by atoms with E-state index in [0.717, 1.165) is 4.90 Å². The van der Waals surface area contributed by atoms with Crippen molar-refractivity contribution in [3.8, 4) is 0 Å². The van der Waals surface area contributed by atoms with Crippen LogP contribution in [0, 0.1) is 6.92 Å². The molecule has 1 nitrogen and oxygen atoms in total. The summed E-state index contributed by atoms with van der Waals surface area (Å²) in [4.78, 5) is 3.14. The lowest BCUT2D eigenvalue weighted by Gasteiger charge is -2.16. The standard InChI is InChI=1S/C9H13NS/c1-7-8(10(2)3)5-4-6-9(7)11/h4-6,11H,1-3H3. The van der Waals surface area contributed by atoms with Gasteiger partial charge in [-0.3, -0.25) is 0 Å². The summed E-state index contributed by atoms with van der Waals surface area (Å²) in [6, 6.07) is 6.12. The minimum absolute atomic E-state index is 1.05. The lowest BCUT2D eigenvalue weighted by atomic mass is 10.2. The zero-order valence-corrected chi connectivity index (χ0v) is 8.02. The average molecular weight is 167 g/mol. The van der Waals surface area contributed by atoms with Crippen molar-refractivity contribution in [2.45, 2.75) is 11.8 Å². The monoisotopic (exact) mass is 167 g/mol. The Morgan fingerprint density at radius 2 is 1.91 bits per heavy atom. The van der Waals surface area contributed by atoms with E-state index in [0.29, 0.717) is 0 Å². The highest BCUT2D eigenvalue weighted by molar-refractivity contribution is 7.80. The maximum atomic E-state index is 4.34. The fourth-order valence-electron chi connectivity index (χ4n) is 1.10. The third kappa shape index (κ3) is 1.69. The van der Waals surface area contributed by atoms with Crippen LogP contribution in [0.15, 0.2) is 23.1 Å². The smallest absolute Gasteiger partial charge is 0.0401 e. The van der Waals surface area contributed by atoms with E-state index < -0.39 is 0 Å². The minimum Gasteiger partial charge on any atom is -0.377 e. The van der Waals surface area contributed by atoms with Crippen LogP contribution in [0.1, 0.15) is 5.56 Å². The number of nitrogens with zero attached hydrogens (tertiary/aromatic N) is 1. The van der Waals surface area contributed by atoms with Crippen LogP contribution < -0.4 is 4.90 Å². The average Bonchev–Trinajstić information content (AvgIpc) is 1.94. The van der Waals surface area contributed by atoms with Crippen LogP contribution >= 0.6 is 12.6 Å². The van der Waals surface area contributed by atoms with E-state index in [1.54, 1.807) is 0 Å². The molecule has 0 aliphatic heterocycles. The molecule has 0 saturated heterocycles. The molecule has 60 valence electrons. The van der Waals surface area contributed by atoms with Gasteiger partial charge in [-0.2, -0.15) is 0 Å². The van der Waals surface area contributed by atoms with E-state index in [1.165, 1.54) is 11.3 Å². The lowest BCUT2D eigenvalue weighted by molar-refractivity contribution is 1.10. The van der Waals surface area contributed by atoms with E-state index >= 15 is 0 Å². The van der Waals surface area contributed by atoms with Crippen LogP contribution in [-0.4, -0.2) is 14.1 Å². The second-order valence-electron chi connectivity index (χ2n) is 2.82. The Bertz CT molecular complexity index is 256. The first-order valence-corrected chi connectivity index (χ1v) is 4.03. The summed E-state index contributed by atoms with van der Waals surface area (Å²) in [5, 5.41) is 0. The van der Waals surface area contributed by atoms with Crippen LogP contribution in [-0.2, 0) is 0 Å². The molecule has 0 radical (unpaired) electrons. The maximum Gasteiger partial charge on any atom is 0.0401 e. The molecule has 0 spiro atoms. The van der Waals surface area contributed by atoms with E-state index in [2.05, 4.69) is 30.5 Å². The molecule has 0 bridgehead atoms. The Morgan fingerprint density at radius 3 is 2.36 bits per heavy atom. The van der Waals surface area contributed by atoms with Crippen molar-refractivity contribution in [2.75, 3.05) is 19.0 Å². The number of hydrogen-bond donors (Lipinski definition) is 1. The molecule has 0 heterocycles. The second kappa shape index (κ2) is 3.18. The molecule has 0 aliphatic rings. The molecule has 0 unspecified atom stereocenters. The first kappa shape index (κ1) is 8.47. The summed E-state index contributed by atoms with van der Waals surface area (Å²) in [5.74, 6) is 0. The molecule has 0 fully saturated rings. The van der Waals surface area contributed by atoms with Crippen LogP contribution in [0.4, 0.5) is 5.69 Å². The number of rotatable bonds is 1. The van der Waals surface area contributed by atoms with Crippen molar-refractivity contribution >= 4 is 18.3 Å². The van der Waals surface area contributed by atoms with Crippen LogP contribution in [0.3, 0.4) is 0 Å². The summed E-state index contributed by atoms with van der Waals surface area (Å²) >= 11 is 4.34. The summed E-state index contributed by atoms with van der Waals surface area (Å²) in [6.07, 6.45) is 0. The fraction of sp³-hybridized carbons (Fsp3) is 0.333. The molecule has 1 rings (SSSR count). The predicted octanol–water partition coefficient (Wildman–Crippen LogP) is 2.35. The SMILES string of the molecule is Cc1c(S)cccc1N(C)C. The van der Waals surface area contributed by atoms with Crippen LogP contribution in [0.5, 0.6) is 0 Å². The third-order valence-corrected chi connectivity index (χ3v) is 2.24. The van der Waals surface area contributed by atoms with E-state index in [1.807, 2.05) is 26.2 Å². The lowest BCUT2D eigenvalue weighted by Crippen LogP contribution is -2.10. The van der Waals surface area contributed by atoms with Gasteiger partial charge in [0.05, 0.1) is 0 Å².